The van der Waals surface area contributed by atoms with Crippen molar-refractivity contribution in [3.63, 3.8) is 0 Å². The van der Waals surface area contributed by atoms with Gasteiger partial charge >= 0.3 is 5.97 Å². The Morgan fingerprint density at radius 1 is 1.41 bits per heavy atom. The molecule has 2 N–H and O–H groups in total. The standard InChI is InChI=1S/C13H16N2O2/c1-9(2)7-12(13(16)17)15-11-5-3-10(8-14)4-6-11/h3-6,9,12,15H,7H2,1-2H3,(H,16,17). The molecule has 1 aromatic rings. The molecule has 1 atom stereocenters. The molecule has 0 bridgehead atoms. The lowest BCUT2D eigenvalue weighted by Gasteiger charge is -2.17. The number of hydrogen-bond donors (Lipinski definition) is 2. The minimum absolute atomic E-state index is 0.307. The summed E-state index contributed by atoms with van der Waals surface area (Å²) in [6.07, 6.45) is 0.565. The summed E-state index contributed by atoms with van der Waals surface area (Å²) in [5, 5.41) is 20.7. The zero-order chi connectivity index (χ0) is 12.8. The van der Waals surface area contributed by atoms with E-state index in [0.717, 1.165) is 5.69 Å². The van der Waals surface area contributed by atoms with Crippen molar-refractivity contribution < 1.29 is 9.90 Å². The van der Waals surface area contributed by atoms with E-state index in [1.165, 1.54) is 0 Å². The van der Waals surface area contributed by atoms with Crippen molar-refractivity contribution in [2.45, 2.75) is 26.3 Å². The van der Waals surface area contributed by atoms with Crippen molar-refractivity contribution in [1.82, 2.24) is 0 Å². The topological polar surface area (TPSA) is 73.1 Å². The van der Waals surface area contributed by atoms with Gasteiger partial charge < -0.3 is 10.4 Å². The highest BCUT2D eigenvalue weighted by Gasteiger charge is 2.18. The lowest BCUT2D eigenvalue weighted by molar-refractivity contribution is -0.138. The summed E-state index contributed by atoms with van der Waals surface area (Å²) < 4.78 is 0. The Kier molecular flexibility index (Phi) is 4.53. The SMILES string of the molecule is CC(C)CC(Nc1ccc(C#N)cc1)C(=O)O. The Balaban J connectivity index is 2.72. The molecule has 0 aliphatic rings. The number of carboxylic acid groups (broad SMARTS) is 1. The summed E-state index contributed by atoms with van der Waals surface area (Å²) in [5.41, 5.74) is 1.28. The maximum absolute atomic E-state index is 11.0. The molecule has 0 saturated heterocycles. The van der Waals surface area contributed by atoms with Crippen LogP contribution in [-0.4, -0.2) is 17.1 Å². The molecule has 1 rings (SSSR count). The third-order valence-electron chi connectivity index (χ3n) is 2.36. The molecule has 0 fully saturated rings. The van der Waals surface area contributed by atoms with Crippen molar-refractivity contribution in [3.05, 3.63) is 29.8 Å². The number of rotatable bonds is 5. The number of anilines is 1. The first-order valence-corrected chi connectivity index (χ1v) is 5.52. The van der Waals surface area contributed by atoms with E-state index in [-0.39, 0.29) is 0 Å². The van der Waals surface area contributed by atoms with Gasteiger partial charge in [-0.1, -0.05) is 13.8 Å². The van der Waals surface area contributed by atoms with Gasteiger partial charge in [-0.3, -0.25) is 0 Å². The largest absolute Gasteiger partial charge is 0.480 e. The first kappa shape index (κ1) is 13.0. The fraction of sp³-hybridized carbons (Fsp3) is 0.385. The monoisotopic (exact) mass is 232 g/mol. The maximum Gasteiger partial charge on any atom is 0.326 e. The molecule has 1 aromatic carbocycles. The highest BCUT2D eigenvalue weighted by atomic mass is 16.4. The fourth-order valence-corrected chi connectivity index (χ4v) is 1.54. The Morgan fingerprint density at radius 3 is 2.41 bits per heavy atom. The van der Waals surface area contributed by atoms with Gasteiger partial charge in [-0.2, -0.15) is 5.26 Å². The fourth-order valence-electron chi connectivity index (χ4n) is 1.54. The first-order chi connectivity index (χ1) is 8.02. The predicted molar refractivity (Wildman–Crippen MR) is 65.7 cm³/mol. The number of carbonyl (C=O) groups is 1. The summed E-state index contributed by atoms with van der Waals surface area (Å²) in [5.74, 6) is -0.551. The molecule has 4 nitrogen and oxygen atoms in total. The summed E-state index contributed by atoms with van der Waals surface area (Å²) in [6, 6.07) is 8.18. The molecule has 0 saturated carbocycles. The molecule has 0 aromatic heterocycles. The number of aliphatic carboxylic acids is 1. The molecular weight excluding hydrogens is 216 g/mol. The molecule has 0 radical (unpaired) electrons. The lowest BCUT2D eigenvalue weighted by atomic mass is 10.0. The average molecular weight is 232 g/mol. The molecule has 4 heteroatoms. The summed E-state index contributed by atoms with van der Waals surface area (Å²) >= 11 is 0. The van der Waals surface area contributed by atoms with Gasteiger partial charge in [0.1, 0.15) is 6.04 Å². The van der Waals surface area contributed by atoms with Crippen LogP contribution < -0.4 is 5.32 Å². The number of benzene rings is 1. The van der Waals surface area contributed by atoms with Crippen molar-refractivity contribution in [1.29, 1.82) is 5.26 Å². The maximum atomic E-state index is 11.0. The van der Waals surface area contributed by atoms with Gasteiger partial charge in [0.2, 0.25) is 0 Å². The Hall–Kier alpha value is -2.02. The molecule has 0 aliphatic heterocycles. The number of nitriles is 1. The van der Waals surface area contributed by atoms with E-state index in [0.29, 0.717) is 17.9 Å². The van der Waals surface area contributed by atoms with Gasteiger partial charge in [-0.15, -0.1) is 0 Å². The Labute approximate surface area is 101 Å². The second-order valence-electron chi connectivity index (χ2n) is 4.35. The van der Waals surface area contributed by atoms with Gasteiger partial charge in [0.05, 0.1) is 11.6 Å². The van der Waals surface area contributed by atoms with Crippen molar-refractivity contribution in [2.24, 2.45) is 5.92 Å². The average Bonchev–Trinajstić information content (AvgIpc) is 2.28. The zero-order valence-electron chi connectivity index (χ0n) is 9.97. The lowest BCUT2D eigenvalue weighted by Crippen LogP contribution is -2.30. The third kappa shape index (κ3) is 4.15. The number of nitrogens with zero attached hydrogens (tertiary/aromatic N) is 1. The van der Waals surface area contributed by atoms with Crippen molar-refractivity contribution in [3.8, 4) is 6.07 Å². The Bertz CT molecular complexity index is 418. The normalized spacial score (nSPS) is 11.9. The van der Waals surface area contributed by atoms with Crippen LogP contribution in [0.1, 0.15) is 25.8 Å². The van der Waals surface area contributed by atoms with Crippen molar-refractivity contribution >= 4 is 11.7 Å². The quantitative estimate of drug-likeness (QED) is 0.817. The highest BCUT2D eigenvalue weighted by molar-refractivity contribution is 5.77. The van der Waals surface area contributed by atoms with Crippen LogP contribution >= 0.6 is 0 Å². The molecule has 17 heavy (non-hydrogen) atoms. The molecule has 1 unspecified atom stereocenters. The van der Waals surface area contributed by atoms with Gasteiger partial charge in [0.15, 0.2) is 0 Å². The summed E-state index contributed by atoms with van der Waals surface area (Å²) in [6.45, 7) is 3.97. The van der Waals surface area contributed by atoms with E-state index in [9.17, 15) is 4.79 Å². The number of hydrogen-bond acceptors (Lipinski definition) is 3. The molecule has 0 amide bonds. The predicted octanol–water partition coefficient (Wildman–Crippen LogP) is 2.47. The Morgan fingerprint density at radius 2 is 2.00 bits per heavy atom. The second-order valence-corrected chi connectivity index (χ2v) is 4.35. The van der Waals surface area contributed by atoms with Gasteiger partial charge in [0.25, 0.3) is 0 Å². The van der Waals surface area contributed by atoms with E-state index >= 15 is 0 Å². The highest BCUT2D eigenvalue weighted by Crippen LogP contribution is 2.14. The van der Waals surface area contributed by atoms with Crippen LogP contribution in [0.3, 0.4) is 0 Å². The van der Waals surface area contributed by atoms with Crippen molar-refractivity contribution in [2.75, 3.05) is 5.32 Å². The van der Waals surface area contributed by atoms with Gasteiger partial charge in [0, 0.05) is 5.69 Å². The smallest absolute Gasteiger partial charge is 0.326 e. The first-order valence-electron chi connectivity index (χ1n) is 5.52. The second kappa shape index (κ2) is 5.90. The molecule has 90 valence electrons. The molecular formula is C13H16N2O2. The van der Waals surface area contributed by atoms with E-state index in [1.54, 1.807) is 24.3 Å². The molecule has 0 aliphatic carbocycles. The van der Waals surface area contributed by atoms with Crippen LogP contribution in [0, 0.1) is 17.2 Å². The number of nitrogens with one attached hydrogen (secondary N) is 1. The molecule has 0 heterocycles. The van der Waals surface area contributed by atoms with E-state index in [1.807, 2.05) is 19.9 Å². The summed E-state index contributed by atoms with van der Waals surface area (Å²) in [4.78, 5) is 11.0. The van der Waals surface area contributed by atoms with E-state index < -0.39 is 12.0 Å². The minimum Gasteiger partial charge on any atom is -0.480 e. The van der Waals surface area contributed by atoms with E-state index in [4.69, 9.17) is 10.4 Å². The van der Waals surface area contributed by atoms with Gasteiger partial charge in [-0.05, 0) is 36.6 Å². The van der Waals surface area contributed by atoms with Crippen LogP contribution in [0.25, 0.3) is 0 Å². The third-order valence-corrected chi connectivity index (χ3v) is 2.36. The van der Waals surface area contributed by atoms with Crippen LogP contribution in [0.4, 0.5) is 5.69 Å². The van der Waals surface area contributed by atoms with Crippen LogP contribution in [0.2, 0.25) is 0 Å². The zero-order valence-corrected chi connectivity index (χ0v) is 9.97. The van der Waals surface area contributed by atoms with E-state index in [2.05, 4.69) is 5.32 Å². The van der Waals surface area contributed by atoms with Gasteiger partial charge in [-0.25, -0.2) is 4.79 Å². The summed E-state index contributed by atoms with van der Waals surface area (Å²) in [7, 11) is 0. The number of carboxylic acids is 1. The van der Waals surface area contributed by atoms with Crippen LogP contribution in [0.5, 0.6) is 0 Å². The molecule has 0 spiro atoms. The minimum atomic E-state index is -0.858. The van der Waals surface area contributed by atoms with Crippen LogP contribution in [-0.2, 0) is 4.79 Å². The van der Waals surface area contributed by atoms with Crippen LogP contribution in [0.15, 0.2) is 24.3 Å².